The number of anilines is 1. The molecule has 0 aliphatic carbocycles. The van der Waals surface area contributed by atoms with E-state index in [0.29, 0.717) is 21.7 Å². The maximum Gasteiger partial charge on any atom is 0.413 e. The van der Waals surface area contributed by atoms with Crippen LogP contribution in [0.15, 0.2) is 60.8 Å². The molecular weight excluding hydrogens is 508 g/mol. The Balaban J connectivity index is 1.61. The number of amides is 3. The summed E-state index contributed by atoms with van der Waals surface area (Å²) in [6.45, 7) is 5.29. The fraction of sp³-hybridized carbons (Fsp3) is 0.250. The number of aromatic nitrogens is 1. The zero-order valence-corrected chi connectivity index (χ0v) is 21.8. The zero-order valence-electron chi connectivity index (χ0n) is 21.0. The molecular formula is C28H25ClN4O5. The van der Waals surface area contributed by atoms with Crippen LogP contribution in [-0.2, 0) is 4.74 Å². The van der Waals surface area contributed by atoms with E-state index in [-0.39, 0.29) is 41.9 Å². The number of nitriles is 1. The highest BCUT2D eigenvalue weighted by atomic mass is 35.5. The molecule has 3 amide bonds. The van der Waals surface area contributed by atoms with Crippen molar-refractivity contribution >= 4 is 35.3 Å². The van der Waals surface area contributed by atoms with Crippen molar-refractivity contribution in [1.29, 1.82) is 5.26 Å². The lowest BCUT2D eigenvalue weighted by Crippen LogP contribution is -2.32. The van der Waals surface area contributed by atoms with Crippen molar-refractivity contribution in [1.82, 2.24) is 9.88 Å². The topological polar surface area (TPSA) is 122 Å². The lowest BCUT2D eigenvalue weighted by molar-refractivity contribution is 0.0617. The third kappa shape index (κ3) is 6.10. The number of hydrogen-bond acceptors (Lipinski definition) is 7. The van der Waals surface area contributed by atoms with Crippen molar-refractivity contribution in [2.75, 3.05) is 11.9 Å². The lowest BCUT2D eigenvalue weighted by Gasteiger charge is -2.23. The Hall–Kier alpha value is -4.42. The average molecular weight is 533 g/mol. The fourth-order valence-corrected chi connectivity index (χ4v) is 4.11. The standard InChI is InChI=1S/C28H25ClN4O5/c1-28(2,3)38-27(36)32-24-14-17(10-12-31-24)22(37-23-15-19(29)9-8-18(23)16-30)11-13-33-25(34)20-6-4-5-7-21(20)26(33)35/h4-10,12,14-15,22H,11,13H2,1-3H3,(H,31,32,36). The van der Waals surface area contributed by atoms with Gasteiger partial charge in [0.1, 0.15) is 29.3 Å². The van der Waals surface area contributed by atoms with Crippen LogP contribution in [0.3, 0.4) is 0 Å². The maximum absolute atomic E-state index is 12.9. The summed E-state index contributed by atoms with van der Waals surface area (Å²) in [7, 11) is 0. The number of fused-ring (bicyclic) bond motifs is 1. The molecule has 1 atom stereocenters. The molecule has 0 radical (unpaired) electrons. The van der Waals surface area contributed by atoms with Gasteiger partial charge in [-0.05, 0) is 62.7 Å². The zero-order chi connectivity index (χ0) is 27.4. The number of carbonyl (C=O) groups is 3. The molecule has 9 nitrogen and oxygen atoms in total. The normalized spacial score (nSPS) is 13.5. The predicted molar refractivity (Wildman–Crippen MR) is 140 cm³/mol. The number of hydrogen-bond donors (Lipinski definition) is 1. The van der Waals surface area contributed by atoms with Crippen molar-refractivity contribution in [2.45, 2.75) is 38.9 Å². The van der Waals surface area contributed by atoms with Crippen LogP contribution < -0.4 is 10.1 Å². The number of nitrogens with one attached hydrogen (secondary N) is 1. The van der Waals surface area contributed by atoms with E-state index in [1.165, 1.54) is 17.2 Å². The van der Waals surface area contributed by atoms with E-state index in [0.717, 1.165) is 0 Å². The largest absolute Gasteiger partial charge is 0.484 e. The summed E-state index contributed by atoms with van der Waals surface area (Å²) in [4.78, 5) is 43.4. The summed E-state index contributed by atoms with van der Waals surface area (Å²) in [5, 5.41) is 12.5. The Bertz CT molecular complexity index is 1410. The fourth-order valence-electron chi connectivity index (χ4n) is 3.95. The van der Waals surface area contributed by atoms with Gasteiger partial charge in [-0.1, -0.05) is 23.7 Å². The van der Waals surface area contributed by atoms with Gasteiger partial charge in [-0.2, -0.15) is 5.26 Å². The third-order valence-corrected chi connectivity index (χ3v) is 5.85. The monoisotopic (exact) mass is 532 g/mol. The first-order valence-electron chi connectivity index (χ1n) is 11.8. The molecule has 0 saturated carbocycles. The van der Waals surface area contributed by atoms with E-state index >= 15 is 0 Å². The molecule has 1 aromatic heterocycles. The molecule has 4 rings (SSSR count). The molecule has 3 aromatic rings. The second kappa shape index (κ2) is 10.9. The second-order valence-corrected chi connectivity index (χ2v) is 9.99. The molecule has 0 fully saturated rings. The van der Waals surface area contributed by atoms with Crippen molar-refractivity contribution < 1.29 is 23.9 Å². The Morgan fingerprint density at radius 1 is 1.11 bits per heavy atom. The van der Waals surface area contributed by atoms with Gasteiger partial charge in [0.2, 0.25) is 0 Å². The highest BCUT2D eigenvalue weighted by Gasteiger charge is 2.35. The van der Waals surface area contributed by atoms with E-state index in [1.54, 1.807) is 69.3 Å². The van der Waals surface area contributed by atoms with Crippen LogP contribution in [0.25, 0.3) is 0 Å². The number of carbonyl (C=O) groups excluding carboxylic acids is 3. The predicted octanol–water partition coefficient (Wildman–Crippen LogP) is 5.76. The first-order chi connectivity index (χ1) is 18.1. The van der Waals surface area contributed by atoms with Crippen LogP contribution in [0.4, 0.5) is 10.6 Å². The molecule has 0 spiro atoms. The first kappa shape index (κ1) is 26.6. The molecule has 38 heavy (non-hydrogen) atoms. The minimum Gasteiger partial charge on any atom is -0.484 e. The Kier molecular flexibility index (Phi) is 7.65. The molecule has 10 heteroatoms. The first-order valence-corrected chi connectivity index (χ1v) is 12.2. The van der Waals surface area contributed by atoms with Crippen molar-refractivity contribution in [3.63, 3.8) is 0 Å². The lowest BCUT2D eigenvalue weighted by atomic mass is 10.1. The van der Waals surface area contributed by atoms with Gasteiger partial charge in [0.25, 0.3) is 11.8 Å². The van der Waals surface area contributed by atoms with Gasteiger partial charge in [-0.15, -0.1) is 0 Å². The molecule has 1 N–H and O–H groups in total. The summed E-state index contributed by atoms with van der Waals surface area (Å²) >= 11 is 6.15. The maximum atomic E-state index is 12.9. The van der Waals surface area contributed by atoms with Crippen LogP contribution in [0.5, 0.6) is 5.75 Å². The number of rotatable bonds is 7. The van der Waals surface area contributed by atoms with E-state index in [4.69, 9.17) is 21.1 Å². The van der Waals surface area contributed by atoms with Gasteiger partial charge in [0, 0.05) is 30.3 Å². The average Bonchev–Trinajstić information content (AvgIpc) is 3.10. The quantitative estimate of drug-likeness (QED) is 0.384. The van der Waals surface area contributed by atoms with E-state index in [1.807, 2.05) is 0 Å². The highest BCUT2D eigenvalue weighted by Crippen LogP contribution is 2.32. The van der Waals surface area contributed by atoms with Gasteiger partial charge in [-0.25, -0.2) is 9.78 Å². The van der Waals surface area contributed by atoms with Gasteiger partial charge in [0.15, 0.2) is 0 Å². The number of ether oxygens (including phenoxy) is 2. The Morgan fingerprint density at radius 3 is 2.42 bits per heavy atom. The van der Waals surface area contributed by atoms with Gasteiger partial charge in [0.05, 0.1) is 16.7 Å². The molecule has 0 saturated heterocycles. The number of halogens is 1. The molecule has 2 heterocycles. The van der Waals surface area contributed by atoms with E-state index < -0.39 is 17.8 Å². The molecule has 194 valence electrons. The minimum absolute atomic E-state index is 0.0522. The summed E-state index contributed by atoms with van der Waals surface area (Å²) in [6.07, 6.45) is 0.279. The number of nitrogens with zero attached hydrogens (tertiary/aromatic N) is 3. The van der Waals surface area contributed by atoms with Crippen molar-refractivity contribution in [2.24, 2.45) is 0 Å². The van der Waals surface area contributed by atoms with Crippen LogP contribution in [0.1, 0.15) is 65.1 Å². The van der Waals surface area contributed by atoms with E-state index in [2.05, 4.69) is 16.4 Å². The molecule has 1 unspecified atom stereocenters. The summed E-state index contributed by atoms with van der Waals surface area (Å²) in [6, 6.07) is 16.7. The highest BCUT2D eigenvalue weighted by molar-refractivity contribution is 6.30. The van der Waals surface area contributed by atoms with E-state index in [9.17, 15) is 19.6 Å². The molecule has 1 aliphatic rings. The van der Waals surface area contributed by atoms with Gasteiger partial charge < -0.3 is 9.47 Å². The smallest absolute Gasteiger partial charge is 0.413 e. The Labute approximate surface area is 224 Å². The van der Waals surface area contributed by atoms with Crippen molar-refractivity contribution in [3.05, 3.63) is 88.1 Å². The molecule has 1 aliphatic heterocycles. The minimum atomic E-state index is -0.730. The van der Waals surface area contributed by atoms with Gasteiger partial charge in [-0.3, -0.25) is 19.8 Å². The molecule has 0 bridgehead atoms. The SMILES string of the molecule is CC(C)(C)OC(=O)Nc1cc(C(CCN2C(=O)c3ccccc3C2=O)Oc2cc(Cl)ccc2C#N)ccn1. The third-order valence-electron chi connectivity index (χ3n) is 5.61. The number of pyridine rings is 1. The van der Waals surface area contributed by atoms with Gasteiger partial charge >= 0.3 is 6.09 Å². The van der Waals surface area contributed by atoms with Crippen LogP contribution in [-0.4, -0.2) is 39.9 Å². The summed E-state index contributed by atoms with van der Waals surface area (Å²) in [5.41, 5.74) is 0.862. The van der Waals surface area contributed by atoms with Crippen molar-refractivity contribution in [3.8, 4) is 11.8 Å². The number of benzene rings is 2. The van der Waals surface area contributed by atoms with Crippen LogP contribution >= 0.6 is 11.6 Å². The molecule has 2 aromatic carbocycles. The second-order valence-electron chi connectivity index (χ2n) is 9.56. The summed E-state index contributed by atoms with van der Waals surface area (Å²) < 4.78 is 11.5. The Morgan fingerprint density at radius 2 is 1.79 bits per heavy atom. The number of imide groups is 1. The van der Waals surface area contributed by atoms with Crippen LogP contribution in [0, 0.1) is 11.3 Å². The summed E-state index contributed by atoms with van der Waals surface area (Å²) in [5.74, 6) is -0.304. The van der Waals surface area contributed by atoms with Crippen LogP contribution in [0.2, 0.25) is 5.02 Å².